The molecule has 3 aromatic heterocycles. The summed E-state index contributed by atoms with van der Waals surface area (Å²) in [5.41, 5.74) is 3.78. The van der Waals surface area contributed by atoms with E-state index in [1.807, 2.05) is 5.32 Å². The summed E-state index contributed by atoms with van der Waals surface area (Å²) in [7, 11) is -9.56. The van der Waals surface area contributed by atoms with Crippen LogP contribution in [0.15, 0.2) is 52.6 Å². The van der Waals surface area contributed by atoms with Gasteiger partial charge in [0.25, 0.3) is 10.0 Å². The maximum atomic E-state index is 12.6. The van der Waals surface area contributed by atoms with Crippen LogP contribution in [-0.4, -0.2) is 120 Å². The average molecular weight is 1020 g/mol. The highest BCUT2D eigenvalue weighted by Crippen LogP contribution is 2.39. The maximum absolute atomic E-state index is 12.6. The van der Waals surface area contributed by atoms with Gasteiger partial charge in [0.1, 0.15) is 24.4 Å². The zero-order chi connectivity index (χ0) is 48.7. The number of anilines is 2. The van der Waals surface area contributed by atoms with E-state index in [9.17, 15) is 59.2 Å². The fraction of sp³-hybridized carbons (Fsp3) is 0.333. The van der Waals surface area contributed by atoms with Gasteiger partial charge in [-0.05, 0) is 35.2 Å². The number of sulfone groups is 1. The Balaban J connectivity index is 0.000000496. The third kappa shape index (κ3) is 18.7. The molecule has 4 aromatic rings. The van der Waals surface area contributed by atoms with Crippen molar-refractivity contribution in [3.8, 4) is 17.4 Å². The molecule has 3 heterocycles. The van der Waals surface area contributed by atoms with E-state index in [4.69, 9.17) is 48.4 Å². The molecule has 1 aromatic carbocycles. The first-order chi connectivity index (χ1) is 28.9. The van der Waals surface area contributed by atoms with Gasteiger partial charge in [-0.1, -0.05) is 30.1 Å². The molecule has 0 aliphatic rings. The van der Waals surface area contributed by atoms with Crippen LogP contribution >= 0.6 is 30.8 Å². The number of nitro groups is 1. The van der Waals surface area contributed by atoms with Gasteiger partial charge < -0.3 is 34.7 Å². The summed E-state index contributed by atoms with van der Waals surface area (Å²) in [6.45, 7) is 0.874. The summed E-state index contributed by atoms with van der Waals surface area (Å²) in [6.07, 6.45) is 3.18. The number of nitrogens with two attached hydrogens (primary N) is 1. The number of carboxylic acids is 1. The first-order valence-electron chi connectivity index (χ1n) is 16.4. The predicted molar refractivity (Wildman–Crippen MR) is 222 cm³/mol. The van der Waals surface area contributed by atoms with E-state index in [0.717, 1.165) is 23.1 Å². The largest absolute Gasteiger partial charge is 0.778 e. The van der Waals surface area contributed by atoms with Crippen molar-refractivity contribution in [2.75, 3.05) is 62.6 Å². The molecule has 0 spiro atoms. The van der Waals surface area contributed by atoms with Gasteiger partial charge >= 0.3 is 23.9 Å². The van der Waals surface area contributed by atoms with Crippen molar-refractivity contribution in [3.63, 3.8) is 0 Å². The number of benzene rings is 1. The van der Waals surface area contributed by atoms with Crippen molar-refractivity contribution >= 4 is 91.0 Å². The molecule has 0 saturated carbocycles. The number of urea groups is 1. The van der Waals surface area contributed by atoms with Gasteiger partial charge in [0, 0.05) is 6.20 Å². The maximum Gasteiger partial charge on any atom is 0.416 e. The van der Waals surface area contributed by atoms with Crippen molar-refractivity contribution in [1.82, 2.24) is 34.8 Å². The highest BCUT2D eigenvalue weighted by molar-refractivity contribution is 7.94. The summed E-state index contributed by atoms with van der Waals surface area (Å²) in [4.78, 5) is 60.5. The smallest absolute Gasteiger partial charge is 0.416 e. The van der Waals surface area contributed by atoms with Gasteiger partial charge in [-0.2, -0.15) is 36.7 Å². The Morgan fingerprint density at radius 3 is 2.00 bits per heavy atom. The van der Waals surface area contributed by atoms with E-state index >= 15 is 0 Å². The predicted octanol–water partition coefficient (Wildman–Crippen LogP) is 2.54. The van der Waals surface area contributed by atoms with Crippen molar-refractivity contribution in [2.24, 2.45) is 0 Å². The quantitative estimate of drug-likeness (QED) is 0.0485. The average Bonchev–Trinajstić information content (AvgIpc) is 3.54. The number of carbonyl (C=O) groups is 2. The van der Waals surface area contributed by atoms with E-state index in [1.165, 1.54) is 33.3 Å². The second kappa shape index (κ2) is 24.1. The third-order valence-electron chi connectivity index (χ3n) is 6.38. The van der Waals surface area contributed by atoms with E-state index in [1.54, 1.807) is 4.72 Å². The molecular formula is C30H38Cl2F3N10O14PS3. The number of aliphatic carboxylic acids is 1. The van der Waals surface area contributed by atoms with Gasteiger partial charge in [0.15, 0.2) is 14.9 Å². The molecule has 63 heavy (non-hydrogen) atoms. The molecule has 0 fully saturated rings. The number of nitrogens with zero attached hydrogens (tertiary/aromatic N) is 6. The molecule has 0 bridgehead atoms. The minimum absolute atomic E-state index is 0.0612. The van der Waals surface area contributed by atoms with Crippen LogP contribution in [0.1, 0.15) is 12.5 Å². The van der Waals surface area contributed by atoms with Crippen molar-refractivity contribution in [3.05, 3.63) is 68.4 Å². The Bertz CT molecular complexity index is 2470. The molecular weight excluding hydrogens is 979 g/mol. The summed E-state index contributed by atoms with van der Waals surface area (Å²) in [5.74, 6) is -2.09. The lowest BCUT2D eigenvalue weighted by Crippen LogP contribution is -2.36. The summed E-state index contributed by atoms with van der Waals surface area (Å²) < 4.78 is 109. The van der Waals surface area contributed by atoms with Gasteiger partial charge in [-0.3, -0.25) is 25.5 Å². The van der Waals surface area contributed by atoms with Crippen LogP contribution < -0.4 is 35.5 Å². The van der Waals surface area contributed by atoms with E-state index in [2.05, 4.69) is 44.1 Å². The van der Waals surface area contributed by atoms with Crippen LogP contribution in [0.2, 0.25) is 10.0 Å². The second-order valence-corrected chi connectivity index (χ2v) is 20.5. The molecule has 24 nitrogen and oxygen atoms in total. The number of amides is 2. The van der Waals surface area contributed by atoms with Crippen molar-refractivity contribution < 1.29 is 73.5 Å². The van der Waals surface area contributed by atoms with E-state index in [0.29, 0.717) is 23.0 Å². The van der Waals surface area contributed by atoms with Crippen LogP contribution in [-0.2, 0) is 46.3 Å². The number of nitrogens with one attached hydrogen (secondary N) is 3. The molecule has 350 valence electrons. The lowest BCUT2D eigenvalue weighted by molar-refractivity contribution is -0.383. The van der Waals surface area contributed by atoms with Crippen molar-refractivity contribution in [2.45, 2.75) is 23.0 Å². The third-order valence-corrected chi connectivity index (χ3v) is 10.8. The number of ether oxygens (including phenoxy) is 2. The fourth-order valence-corrected chi connectivity index (χ4v) is 7.43. The highest BCUT2D eigenvalue weighted by Gasteiger charge is 2.33. The molecule has 2 amide bonds. The molecule has 1 atom stereocenters. The Morgan fingerprint density at radius 2 is 1.59 bits per heavy atom. The Morgan fingerprint density at radius 1 is 1.06 bits per heavy atom. The lowest BCUT2D eigenvalue weighted by atomic mass is 10.2. The number of hydrogen-bond donors (Lipinski definition) is 6. The normalized spacial score (nSPS) is 12.2. The van der Waals surface area contributed by atoms with E-state index < -0.39 is 90.4 Å². The molecule has 0 radical (unpaired) electrons. The number of methoxy groups -OCH3 is 2. The SMILES string of the molecule is CCS(=O)(=O)c1cccnc1S(=O)(=O)NC(=O)Nc1nc(OC)cc(OC)n1.C[S+](C)C.Nc1c([N+](=O)[O-])cnn1-c1c(Cl)cc(C(F)(F)F)cc1Cl.O=C(O)CNCP(=O)([O-])O. The summed E-state index contributed by atoms with van der Waals surface area (Å²) >= 11 is 11.5. The number of alkyl halides is 3. The number of halogens is 5. The number of nitrogen functional groups attached to an aromatic ring is 1. The summed E-state index contributed by atoms with van der Waals surface area (Å²) in [5, 5.41) is 24.8. The number of sulfonamides is 1. The van der Waals surface area contributed by atoms with Crippen LogP contribution in [0, 0.1) is 10.1 Å². The second-order valence-electron chi connectivity index (χ2n) is 11.8. The van der Waals surface area contributed by atoms with Crippen LogP contribution in [0.4, 0.5) is 35.4 Å². The zero-order valence-corrected chi connectivity index (χ0v) is 38.1. The number of pyridine rings is 1. The molecule has 33 heteroatoms. The number of carbonyl (C=O) groups excluding carboxylic acids is 1. The Labute approximate surface area is 369 Å². The molecule has 0 aliphatic heterocycles. The van der Waals surface area contributed by atoms with Crippen LogP contribution in [0.3, 0.4) is 0 Å². The molecule has 0 saturated heterocycles. The topological polar surface area (TPSA) is 363 Å². The first-order valence-corrected chi connectivity index (χ1v) is 24.5. The van der Waals surface area contributed by atoms with Crippen LogP contribution in [0.5, 0.6) is 11.8 Å². The fourth-order valence-electron chi connectivity index (χ4n) is 3.84. The van der Waals surface area contributed by atoms with E-state index in [-0.39, 0.29) is 39.2 Å². The molecule has 7 N–H and O–H groups in total. The molecule has 4 rings (SSSR count). The van der Waals surface area contributed by atoms with Gasteiger partial charge in [0.2, 0.25) is 23.5 Å². The lowest BCUT2D eigenvalue weighted by Gasteiger charge is -2.14. The minimum atomic E-state index is -4.63. The Hall–Kier alpha value is -5.07. The standard InChI is InChI=1S/C14H17N5O7S2.C10H5Cl2F3N4O2.C3H8NO5P.C3H9S/c1-4-27(21,22)9-6-5-7-15-12(9)28(23,24)19-14(20)18-13-16-10(25-2)8-11(17-13)26-3;11-5-1-4(10(13,14)15)2-6(12)8(5)18-9(16)7(3-17-18)19(20)21;5-3(6)1-4-2-10(7,8)9;1-4(2)3/h5-8H,4H2,1-3H3,(H2,16,17,18,19,20);1-3H,16H2;4H,1-2H2,(H,5,6)(H2,7,8,9);1-3H3/q;;;+1/p-1. The highest BCUT2D eigenvalue weighted by atomic mass is 35.5. The first kappa shape index (κ1) is 55.9. The van der Waals surface area contributed by atoms with Crippen LogP contribution in [0.25, 0.3) is 5.69 Å². The van der Waals surface area contributed by atoms with Gasteiger partial charge in [-0.25, -0.2) is 27.6 Å². The van der Waals surface area contributed by atoms with Crippen molar-refractivity contribution in [1.29, 1.82) is 0 Å². The van der Waals surface area contributed by atoms with Gasteiger partial charge in [-0.15, -0.1) is 0 Å². The van der Waals surface area contributed by atoms with Gasteiger partial charge in [0.05, 0.1) is 78.2 Å². The number of aromatic nitrogens is 5. The number of hydrogen-bond acceptors (Lipinski definition) is 18. The zero-order valence-electron chi connectivity index (χ0n) is 33.3. The number of carboxylic acid groups (broad SMARTS) is 1. The summed E-state index contributed by atoms with van der Waals surface area (Å²) in [6, 6.07) is 3.74. The Kier molecular flexibility index (Phi) is 21.4. The molecule has 1 unspecified atom stereocenters. The molecule has 0 aliphatic carbocycles. The number of rotatable bonds is 13. The monoisotopic (exact) mass is 1020 g/mol. The minimum Gasteiger partial charge on any atom is -0.778 e.